The fourth-order valence-corrected chi connectivity index (χ4v) is 3.91. The molecule has 0 fully saturated rings. The van der Waals surface area contributed by atoms with Crippen LogP contribution in [0.4, 0.5) is 4.79 Å². The number of rotatable bonds is 0. The lowest BCUT2D eigenvalue weighted by atomic mass is 10.0. The zero-order valence-corrected chi connectivity index (χ0v) is 15.1. The maximum Gasteiger partial charge on any atom is 0.320 e. The van der Waals surface area contributed by atoms with Crippen LogP contribution in [0.15, 0.2) is 23.1 Å². The fraction of sp³-hybridized carbons (Fsp3) is 0.389. The Balaban J connectivity index is 2.16. The van der Waals surface area contributed by atoms with E-state index in [9.17, 15) is 15.0 Å². The maximum absolute atomic E-state index is 11.8. The highest BCUT2D eigenvalue weighted by Gasteiger charge is 2.41. The second-order valence-corrected chi connectivity index (χ2v) is 7.76. The molecule has 0 aliphatic carbocycles. The minimum atomic E-state index is -1.22. The molecule has 132 valence electrons. The molecule has 3 rings (SSSR count). The van der Waals surface area contributed by atoms with Crippen molar-refractivity contribution < 1.29 is 19.7 Å². The van der Waals surface area contributed by atoms with Gasteiger partial charge in [0, 0.05) is 16.0 Å². The van der Waals surface area contributed by atoms with Gasteiger partial charge in [0.2, 0.25) is 0 Å². The smallest absolute Gasteiger partial charge is 0.320 e. The Morgan fingerprint density at radius 2 is 2.20 bits per heavy atom. The molecule has 0 aromatic heterocycles. The number of fused-ring (bicyclic) bond motifs is 2. The lowest BCUT2D eigenvalue weighted by Gasteiger charge is -2.22. The standard InChI is InChI=1S/C18H20N2O4S/c1-17(2,22)7-6-11-4-5-13-12(8-11)14-15(18(3,23)9-24-13)25-10-20(14)16(19)21/h4-5,8,22-23H,9-10H2,1-3H3,(H2,19,21). The van der Waals surface area contributed by atoms with Crippen LogP contribution in [0.2, 0.25) is 0 Å². The zero-order valence-electron chi connectivity index (χ0n) is 14.3. The number of carbonyl (C=O) groups is 1. The van der Waals surface area contributed by atoms with Crippen LogP contribution in [0.3, 0.4) is 0 Å². The van der Waals surface area contributed by atoms with Gasteiger partial charge in [-0.3, -0.25) is 4.90 Å². The van der Waals surface area contributed by atoms with Crippen LogP contribution in [-0.4, -0.2) is 44.8 Å². The van der Waals surface area contributed by atoms with Crippen LogP contribution in [-0.2, 0) is 0 Å². The Bertz CT molecular complexity index is 828. The molecule has 2 heterocycles. The lowest BCUT2D eigenvalue weighted by molar-refractivity contribution is 0.0533. The highest BCUT2D eigenvalue weighted by atomic mass is 32.2. The van der Waals surface area contributed by atoms with Crippen LogP contribution in [0.25, 0.3) is 5.70 Å². The van der Waals surface area contributed by atoms with Crippen LogP contribution in [0, 0.1) is 11.8 Å². The summed E-state index contributed by atoms with van der Waals surface area (Å²) in [6, 6.07) is 4.72. The van der Waals surface area contributed by atoms with Crippen molar-refractivity contribution in [3.05, 3.63) is 34.2 Å². The van der Waals surface area contributed by atoms with Gasteiger partial charge in [-0.15, -0.1) is 11.8 Å². The monoisotopic (exact) mass is 360 g/mol. The summed E-state index contributed by atoms with van der Waals surface area (Å²) in [5.41, 5.74) is 5.06. The molecule has 1 unspecified atom stereocenters. The maximum atomic E-state index is 11.8. The third kappa shape index (κ3) is 3.47. The van der Waals surface area contributed by atoms with E-state index in [1.165, 1.54) is 16.7 Å². The normalized spacial score (nSPS) is 22.4. The van der Waals surface area contributed by atoms with Crippen molar-refractivity contribution >= 4 is 23.5 Å². The molecule has 0 radical (unpaired) electrons. The number of thioether (sulfide) groups is 1. The molecule has 7 heteroatoms. The summed E-state index contributed by atoms with van der Waals surface area (Å²) in [6.45, 7) is 4.94. The number of hydrogen-bond acceptors (Lipinski definition) is 5. The van der Waals surface area contributed by atoms with E-state index in [1.807, 2.05) is 0 Å². The molecule has 0 spiro atoms. The van der Waals surface area contributed by atoms with Crippen molar-refractivity contribution in [2.75, 3.05) is 12.5 Å². The summed E-state index contributed by atoms with van der Waals surface area (Å²) in [4.78, 5) is 13.9. The molecule has 1 atom stereocenters. The third-order valence-electron chi connectivity index (χ3n) is 3.83. The summed E-state index contributed by atoms with van der Waals surface area (Å²) in [5.74, 6) is 6.57. The number of primary amides is 1. The Morgan fingerprint density at radius 3 is 2.84 bits per heavy atom. The van der Waals surface area contributed by atoms with Gasteiger partial charge in [-0.05, 0) is 39.0 Å². The van der Waals surface area contributed by atoms with Gasteiger partial charge in [-0.25, -0.2) is 4.79 Å². The quantitative estimate of drug-likeness (QED) is 0.612. The number of nitrogens with zero attached hydrogens (tertiary/aromatic N) is 1. The highest BCUT2D eigenvalue weighted by Crippen LogP contribution is 2.48. The fourth-order valence-electron chi connectivity index (χ4n) is 2.66. The predicted molar refractivity (Wildman–Crippen MR) is 96.5 cm³/mol. The highest BCUT2D eigenvalue weighted by molar-refractivity contribution is 8.03. The van der Waals surface area contributed by atoms with E-state index in [0.717, 1.165) is 0 Å². The number of benzene rings is 1. The van der Waals surface area contributed by atoms with E-state index < -0.39 is 17.2 Å². The predicted octanol–water partition coefficient (Wildman–Crippen LogP) is 1.71. The molecule has 6 nitrogen and oxygen atoms in total. The second kappa shape index (κ2) is 5.99. The van der Waals surface area contributed by atoms with Gasteiger partial charge in [0.15, 0.2) is 0 Å². The van der Waals surface area contributed by atoms with Crippen molar-refractivity contribution in [1.82, 2.24) is 4.90 Å². The Kier molecular flexibility index (Phi) is 4.23. The lowest BCUT2D eigenvalue weighted by Crippen LogP contribution is -2.33. The average molecular weight is 360 g/mol. The summed E-state index contributed by atoms with van der Waals surface area (Å²) in [5, 5.41) is 20.5. The molecular formula is C18H20N2O4S. The van der Waals surface area contributed by atoms with E-state index in [0.29, 0.717) is 33.4 Å². The van der Waals surface area contributed by atoms with Gasteiger partial charge < -0.3 is 20.7 Å². The minimum Gasteiger partial charge on any atom is -0.489 e. The minimum absolute atomic E-state index is 0.0765. The number of urea groups is 1. The SMILES string of the molecule is CC(C)(O)C#Cc1ccc2c(c1)C1=C(SCN1C(N)=O)C(C)(O)CO2. The van der Waals surface area contributed by atoms with Crippen molar-refractivity contribution in [2.45, 2.75) is 32.0 Å². The first-order chi connectivity index (χ1) is 11.6. The largest absolute Gasteiger partial charge is 0.489 e. The summed E-state index contributed by atoms with van der Waals surface area (Å²) in [6.07, 6.45) is 0. The first-order valence-electron chi connectivity index (χ1n) is 7.78. The zero-order chi connectivity index (χ0) is 18.4. The van der Waals surface area contributed by atoms with Crippen molar-refractivity contribution in [3.63, 3.8) is 0 Å². The topological polar surface area (TPSA) is 96.0 Å². The van der Waals surface area contributed by atoms with Crippen molar-refractivity contribution in [3.8, 4) is 17.6 Å². The average Bonchev–Trinajstić information content (AvgIpc) is 2.92. The molecule has 25 heavy (non-hydrogen) atoms. The number of amides is 2. The molecule has 2 aliphatic heterocycles. The van der Waals surface area contributed by atoms with Crippen molar-refractivity contribution in [1.29, 1.82) is 0 Å². The molecule has 2 amide bonds. The summed E-state index contributed by atoms with van der Waals surface area (Å²) >= 11 is 1.37. The molecule has 1 aromatic carbocycles. The van der Waals surface area contributed by atoms with Gasteiger partial charge in [0.1, 0.15) is 23.6 Å². The van der Waals surface area contributed by atoms with Gasteiger partial charge >= 0.3 is 6.03 Å². The molecule has 1 aromatic rings. The molecule has 0 saturated carbocycles. The Labute approximate surface area is 150 Å². The van der Waals surface area contributed by atoms with Crippen molar-refractivity contribution in [2.24, 2.45) is 5.73 Å². The van der Waals surface area contributed by atoms with E-state index in [4.69, 9.17) is 10.5 Å². The van der Waals surface area contributed by atoms with Gasteiger partial charge in [0.25, 0.3) is 0 Å². The van der Waals surface area contributed by atoms with Gasteiger partial charge in [0.05, 0.1) is 11.6 Å². The van der Waals surface area contributed by atoms with Gasteiger partial charge in [-0.1, -0.05) is 11.8 Å². The first kappa shape index (κ1) is 17.7. The number of ether oxygens (including phenoxy) is 1. The third-order valence-corrected chi connectivity index (χ3v) is 5.14. The van der Waals surface area contributed by atoms with Crippen LogP contribution >= 0.6 is 11.8 Å². The van der Waals surface area contributed by atoms with Crippen LogP contribution in [0.1, 0.15) is 31.9 Å². The second-order valence-electron chi connectivity index (χ2n) is 6.80. The number of aliphatic hydroxyl groups is 2. The summed E-state index contributed by atoms with van der Waals surface area (Å²) in [7, 11) is 0. The van der Waals surface area contributed by atoms with E-state index in [-0.39, 0.29) is 6.61 Å². The van der Waals surface area contributed by atoms with E-state index in [2.05, 4.69) is 11.8 Å². The van der Waals surface area contributed by atoms with Crippen LogP contribution in [0.5, 0.6) is 5.75 Å². The first-order valence-corrected chi connectivity index (χ1v) is 8.77. The molecule has 2 aliphatic rings. The summed E-state index contributed by atoms with van der Waals surface area (Å²) < 4.78 is 5.75. The molecule has 0 bridgehead atoms. The number of carbonyl (C=O) groups excluding carboxylic acids is 1. The van der Waals surface area contributed by atoms with Gasteiger partial charge in [-0.2, -0.15) is 0 Å². The van der Waals surface area contributed by atoms with E-state index >= 15 is 0 Å². The van der Waals surface area contributed by atoms with Crippen LogP contribution < -0.4 is 10.5 Å². The molecular weight excluding hydrogens is 340 g/mol. The number of nitrogens with two attached hydrogens (primary N) is 1. The molecule has 0 saturated heterocycles. The molecule has 4 N–H and O–H groups in total. The Morgan fingerprint density at radius 1 is 1.48 bits per heavy atom. The number of hydrogen-bond donors (Lipinski definition) is 3. The van der Waals surface area contributed by atoms with E-state index in [1.54, 1.807) is 39.0 Å². The Hall–Kier alpha value is -2.14.